The topological polar surface area (TPSA) is 130 Å². The number of H-pyrrole nitrogens is 2. The number of aromatic amines is 2. The summed E-state index contributed by atoms with van der Waals surface area (Å²) in [5, 5.41) is 6.80. The van der Waals surface area contributed by atoms with Gasteiger partial charge in [0, 0.05) is 24.6 Å². The van der Waals surface area contributed by atoms with E-state index in [1.807, 2.05) is 4.98 Å². The van der Waals surface area contributed by atoms with Gasteiger partial charge in [-0.2, -0.15) is 5.10 Å². The van der Waals surface area contributed by atoms with Crippen molar-refractivity contribution < 1.29 is 4.79 Å². The maximum Gasteiger partial charge on any atom is 0.326 e. The Balaban J connectivity index is 1.64. The molecule has 2 aromatic rings. The molecule has 1 saturated carbocycles. The molecule has 1 aliphatic rings. The molecule has 3 rings (SSSR count). The van der Waals surface area contributed by atoms with Crippen molar-refractivity contribution in [3.05, 3.63) is 60.8 Å². The van der Waals surface area contributed by atoms with Crippen LogP contribution in [0.5, 0.6) is 0 Å². The molecular weight excluding hydrogens is 302 g/mol. The van der Waals surface area contributed by atoms with Gasteiger partial charge < -0.3 is 10.3 Å². The lowest BCUT2D eigenvalue weighted by atomic mass is 10.3. The predicted molar refractivity (Wildman–Crippen MR) is 80.5 cm³/mol. The lowest BCUT2D eigenvalue weighted by molar-refractivity contribution is 0.0946. The number of nitrogens with one attached hydrogen (secondary N) is 3. The van der Waals surface area contributed by atoms with Crippen LogP contribution < -0.4 is 22.1 Å². The number of hydrogen-bond acceptors (Lipinski definition) is 5. The highest BCUT2D eigenvalue weighted by molar-refractivity contribution is 5.91. The summed E-state index contributed by atoms with van der Waals surface area (Å²) in [5.74, 6) is -0.169. The maximum absolute atomic E-state index is 11.9. The molecule has 1 aliphatic carbocycles. The molecule has 9 nitrogen and oxygen atoms in total. The molecule has 0 unspecified atom stereocenters. The monoisotopic (exact) mass is 317 g/mol. The molecule has 3 N–H and O–H groups in total. The zero-order valence-corrected chi connectivity index (χ0v) is 12.2. The fraction of sp³-hybridized carbons (Fsp3) is 0.357. The first-order chi connectivity index (χ1) is 11.0. The molecule has 0 spiro atoms. The lowest BCUT2D eigenvalue weighted by Gasteiger charge is -2.08. The Morgan fingerprint density at radius 1 is 1.26 bits per heavy atom. The molecule has 1 amide bonds. The van der Waals surface area contributed by atoms with Crippen LogP contribution in [0.2, 0.25) is 0 Å². The third-order valence-electron chi connectivity index (χ3n) is 3.50. The zero-order chi connectivity index (χ0) is 16.4. The highest BCUT2D eigenvalue weighted by atomic mass is 16.2. The quantitative estimate of drug-likeness (QED) is 0.646. The average molecular weight is 317 g/mol. The van der Waals surface area contributed by atoms with Gasteiger partial charge in [0.25, 0.3) is 17.0 Å². The summed E-state index contributed by atoms with van der Waals surface area (Å²) in [5.41, 5.74) is -0.902. The third-order valence-corrected chi connectivity index (χ3v) is 3.50. The summed E-state index contributed by atoms with van der Waals surface area (Å²) in [6, 6.07) is 4.20. The number of nitrogens with zero attached hydrogens (tertiary/aromatic N) is 2. The number of carbonyl (C=O) groups excluding carboxylic acids is 1. The molecule has 0 aromatic carbocycles. The van der Waals surface area contributed by atoms with Gasteiger partial charge in [-0.05, 0) is 18.9 Å². The number of aromatic nitrogens is 4. The molecule has 23 heavy (non-hydrogen) atoms. The molecule has 9 heteroatoms. The van der Waals surface area contributed by atoms with E-state index in [9.17, 15) is 19.2 Å². The molecule has 2 aromatic heterocycles. The molecule has 0 aliphatic heterocycles. The van der Waals surface area contributed by atoms with Gasteiger partial charge >= 0.3 is 5.69 Å². The standard InChI is InChI=1S/C14H15N5O4/c20-11-7-10(16-14(23)17-11)13(22)15-5-6-19-12(21)4-3-9(18-19)8-1-2-8/h3-4,7-8H,1-2,5-6H2,(H,15,22)(H2,16,17,20,23). The fourth-order valence-electron chi connectivity index (χ4n) is 2.18. The Morgan fingerprint density at radius 2 is 2.04 bits per heavy atom. The summed E-state index contributed by atoms with van der Waals surface area (Å²) in [4.78, 5) is 50.1. The van der Waals surface area contributed by atoms with Crippen molar-refractivity contribution in [2.75, 3.05) is 6.54 Å². The first-order valence-electron chi connectivity index (χ1n) is 7.23. The lowest BCUT2D eigenvalue weighted by Crippen LogP contribution is -2.34. The molecule has 0 bridgehead atoms. The summed E-state index contributed by atoms with van der Waals surface area (Å²) in [7, 11) is 0. The van der Waals surface area contributed by atoms with E-state index in [-0.39, 0.29) is 24.3 Å². The van der Waals surface area contributed by atoms with E-state index in [1.54, 1.807) is 6.07 Å². The largest absolute Gasteiger partial charge is 0.349 e. The van der Waals surface area contributed by atoms with Crippen LogP contribution in [0, 0.1) is 0 Å². The minimum absolute atomic E-state index is 0.134. The Hall–Kier alpha value is -2.97. The molecule has 120 valence electrons. The summed E-state index contributed by atoms with van der Waals surface area (Å²) >= 11 is 0. The number of rotatable bonds is 5. The van der Waals surface area contributed by atoms with E-state index in [0.717, 1.165) is 24.6 Å². The SMILES string of the molecule is O=C(NCCn1nc(C2CC2)ccc1=O)c1cc(=O)[nH]c(=O)[nH]1. The molecule has 1 fully saturated rings. The van der Waals surface area contributed by atoms with Crippen LogP contribution >= 0.6 is 0 Å². The Bertz CT molecular complexity index is 878. The average Bonchev–Trinajstić information content (AvgIpc) is 3.32. The Labute approximate surface area is 129 Å². The molecule has 0 saturated heterocycles. The van der Waals surface area contributed by atoms with E-state index in [0.29, 0.717) is 5.92 Å². The van der Waals surface area contributed by atoms with Crippen LogP contribution in [0.3, 0.4) is 0 Å². The highest BCUT2D eigenvalue weighted by Gasteiger charge is 2.25. The smallest absolute Gasteiger partial charge is 0.326 e. The molecule has 0 atom stereocenters. The highest BCUT2D eigenvalue weighted by Crippen LogP contribution is 2.38. The minimum Gasteiger partial charge on any atom is -0.349 e. The number of hydrogen-bond donors (Lipinski definition) is 3. The molecule has 0 radical (unpaired) electrons. The van der Waals surface area contributed by atoms with Gasteiger partial charge in [0.2, 0.25) is 0 Å². The predicted octanol–water partition coefficient (Wildman–Crippen LogP) is -1.07. The normalized spacial score (nSPS) is 13.7. The van der Waals surface area contributed by atoms with Gasteiger partial charge in [-0.3, -0.25) is 19.4 Å². The van der Waals surface area contributed by atoms with Crippen LogP contribution in [0.1, 0.15) is 34.9 Å². The van der Waals surface area contributed by atoms with Crippen LogP contribution in [-0.2, 0) is 6.54 Å². The van der Waals surface area contributed by atoms with Crippen LogP contribution in [0.4, 0.5) is 0 Å². The van der Waals surface area contributed by atoms with E-state index < -0.39 is 17.2 Å². The number of amides is 1. The second-order valence-corrected chi connectivity index (χ2v) is 5.35. The van der Waals surface area contributed by atoms with E-state index in [2.05, 4.69) is 15.4 Å². The first-order valence-corrected chi connectivity index (χ1v) is 7.23. The summed E-state index contributed by atoms with van der Waals surface area (Å²) < 4.78 is 1.30. The fourth-order valence-corrected chi connectivity index (χ4v) is 2.18. The van der Waals surface area contributed by atoms with Crippen molar-refractivity contribution in [3.8, 4) is 0 Å². The third kappa shape index (κ3) is 3.62. The zero-order valence-electron chi connectivity index (χ0n) is 12.2. The van der Waals surface area contributed by atoms with E-state index in [1.165, 1.54) is 10.7 Å². The first kappa shape index (κ1) is 14.9. The second kappa shape index (κ2) is 6.03. The Morgan fingerprint density at radius 3 is 2.74 bits per heavy atom. The maximum atomic E-state index is 11.9. The van der Waals surface area contributed by atoms with E-state index in [4.69, 9.17) is 0 Å². The van der Waals surface area contributed by atoms with Gasteiger partial charge in [0.05, 0.1) is 12.2 Å². The summed E-state index contributed by atoms with van der Waals surface area (Å²) in [6.45, 7) is 0.354. The van der Waals surface area contributed by atoms with Crippen LogP contribution in [-0.4, -0.2) is 32.2 Å². The van der Waals surface area contributed by atoms with Crippen molar-refractivity contribution in [2.24, 2.45) is 0 Å². The van der Waals surface area contributed by atoms with Crippen molar-refractivity contribution in [1.29, 1.82) is 0 Å². The van der Waals surface area contributed by atoms with E-state index >= 15 is 0 Å². The molecule has 2 heterocycles. The van der Waals surface area contributed by atoms with Crippen LogP contribution in [0.25, 0.3) is 0 Å². The van der Waals surface area contributed by atoms with Crippen molar-refractivity contribution >= 4 is 5.91 Å². The van der Waals surface area contributed by atoms with Crippen molar-refractivity contribution in [1.82, 2.24) is 25.1 Å². The van der Waals surface area contributed by atoms with Crippen LogP contribution in [0.15, 0.2) is 32.6 Å². The number of carbonyl (C=O) groups is 1. The van der Waals surface area contributed by atoms with Crippen molar-refractivity contribution in [3.63, 3.8) is 0 Å². The van der Waals surface area contributed by atoms with Gasteiger partial charge in [0.1, 0.15) is 5.69 Å². The van der Waals surface area contributed by atoms with Gasteiger partial charge in [0.15, 0.2) is 0 Å². The van der Waals surface area contributed by atoms with Gasteiger partial charge in [-0.15, -0.1) is 0 Å². The second-order valence-electron chi connectivity index (χ2n) is 5.35. The van der Waals surface area contributed by atoms with Crippen molar-refractivity contribution in [2.45, 2.75) is 25.3 Å². The minimum atomic E-state index is -0.752. The molecular formula is C14H15N5O4. The van der Waals surface area contributed by atoms with Gasteiger partial charge in [-0.1, -0.05) is 0 Å². The summed E-state index contributed by atoms with van der Waals surface area (Å²) in [6.07, 6.45) is 2.16. The van der Waals surface area contributed by atoms with Gasteiger partial charge in [-0.25, -0.2) is 9.48 Å². The Kier molecular flexibility index (Phi) is 3.92.